The Labute approximate surface area is 81.9 Å². The molecule has 4 nitrogen and oxygen atoms in total. The molecule has 0 amide bonds. The van der Waals surface area contributed by atoms with E-state index in [9.17, 15) is 0 Å². The van der Waals surface area contributed by atoms with Crippen molar-refractivity contribution in [2.24, 2.45) is 5.73 Å². The fraction of sp³-hybridized carbons (Fsp3) is 0.100. The van der Waals surface area contributed by atoms with Gasteiger partial charge in [-0.25, -0.2) is 9.97 Å². The van der Waals surface area contributed by atoms with Gasteiger partial charge in [-0.2, -0.15) is 0 Å². The Morgan fingerprint density at radius 3 is 2.21 bits per heavy atom. The Balaban J connectivity index is 2.34. The lowest BCUT2D eigenvalue weighted by molar-refractivity contribution is 0.910. The van der Waals surface area contributed by atoms with E-state index in [4.69, 9.17) is 5.73 Å². The standard InChI is InChI=1S/C10H10N4/c11-5-10-13-6-9(7-14-10)8-1-3-12-4-2-8/h1-4,6-7H,5,11H2. The van der Waals surface area contributed by atoms with Crippen molar-refractivity contribution in [3.8, 4) is 11.1 Å². The molecule has 0 saturated carbocycles. The van der Waals surface area contributed by atoms with E-state index in [0.717, 1.165) is 11.1 Å². The molecule has 14 heavy (non-hydrogen) atoms. The molecular weight excluding hydrogens is 176 g/mol. The fourth-order valence-corrected chi connectivity index (χ4v) is 1.15. The average molecular weight is 186 g/mol. The second kappa shape index (κ2) is 3.93. The summed E-state index contributed by atoms with van der Waals surface area (Å²) in [6.07, 6.45) is 7.02. The largest absolute Gasteiger partial charge is 0.324 e. The first kappa shape index (κ1) is 8.77. The molecule has 2 N–H and O–H groups in total. The van der Waals surface area contributed by atoms with Crippen LogP contribution in [-0.2, 0) is 6.54 Å². The summed E-state index contributed by atoms with van der Waals surface area (Å²) in [4.78, 5) is 12.2. The van der Waals surface area contributed by atoms with Crippen molar-refractivity contribution < 1.29 is 0 Å². The van der Waals surface area contributed by atoms with Crippen LogP contribution in [0.15, 0.2) is 36.9 Å². The lowest BCUT2D eigenvalue weighted by Crippen LogP contribution is -2.02. The predicted octanol–water partition coefficient (Wildman–Crippen LogP) is 0.997. The molecule has 0 saturated heterocycles. The van der Waals surface area contributed by atoms with Gasteiger partial charge in [0.2, 0.25) is 0 Å². The van der Waals surface area contributed by atoms with Crippen molar-refractivity contribution in [3.05, 3.63) is 42.7 Å². The number of aromatic nitrogens is 3. The summed E-state index contributed by atoms with van der Waals surface area (Å²) < 4.78 is 0. The molecule has 0 radical (unpaired) electrons. The summed E-state index contributed by atoms with van der Waals surface area (Å²) in [5, 5.41) is 0. The highest BCUT2D eigenvalue weighted by Crippen LogP contribution is 2.15. The van der Waals surface area contributed by atoms with Gasteiger partial charge in [-0.15, -0.1) is 0 Å². The third kappa shape index (κ3) is 1.75. The number of pyridine rings is 1. The maximum absolute atomic E-state index is 5.40. The van der Waals surface area contributed by atoms with Crippen LogP contribution in [0.25, 0.3) is 11.1 Å². The van der Waals surface area contributed by atoms with Crippen LogP contribution in [0.3, 0.4) is 0 Å². The zero-order valence-electron chi connectivity index (χ0n) is 7.59. The summed E-state index contributed by atoms with van der Waals surface area (Å²) >= 11 is 0. The molecule has 2 heterocycles. The Morgan fingerprint density at radius 1 is 1.00 bits per heavy atom. The molecule has 0 aliphatic rings. The van der Waals surface area contributed by atoms with Crippen LogP contribution < -0.4 is 5.73 Å². The highest BCUT2D eigenvalue weighted by atomic mass is 14.9. The quantitative estimate of drug-likeness (QED) is 0.759. The Morgan fingerprint density at radius 2 is 1.64 bits per heavy atom. The van der Waals surface area contributed by atoms with E-state index < -0.39 is 0 Å². The summed E-state index contributed by atoms with van der Waals surface area (Å²) in [7, 11) is 0. The SMILES string of the molecule is NCc1ncc(-c2ccncc2)cn1. The van der Waals surface area contributed by atoms with Crippen LogP contribution in [0.2, 0.25) is 0 Å². The van der Waals surface area contributed by atoms with Gasteiger partial charge in [0.15, 0.2) is 0 Å². The predicted molar refractivity (Wildman–Crippen MR) is 53.2 cm³/mol. The van der Waals surface area contributed by atoms with E-state index in [2.05, 4.69) is 15.0 Å². The lowest BCUT2D eigenvalue weighted by atomic mass is 10.1. The molecule has 0 spiro atoms. The zero-order chi connectivity index (χ0) is 9.80. The Hall–Kier alpha value is -1.81. The first-order valence-corrected chi connectivity index (χ1v) is 4.31. The zero-order valence-corrected chi connectivity index (χ0v) is 7.59. The van der Waals surface area contributed by atoms with Crippen LogP contribution >= 0.6 is 0 Å². The third-order valence-corrected chi connectivity index (χ3v) is 1.90. The monoisotopic (exact) mass is 186 g/mol. The van der Waals surface area contributed by atoms with Crippen LogP contribution in [0, 0.1) is 0 Å². The molecule has 0 atom stereocenters. The Bertz CT molecular complexity index is 396. The van der Waals surface area contributed by atoms with Gasteiger partial charge in [0.05, 0.1) is 6.54 Å². The van der Waals surface area contributed by atoms with Crippen LogP contribution in [0.1, 0.15) is 5.82 Å². The first-order chi connectivity index (χ1) is 6.90. The van der Waals surface area contributed by atoms with Gasteiger partial charge in [-0.05, 0) is 17.7 Å². The van der Waals surface area contributed by atoms with E-state index in [1.165, 1.54) is 0 Å². The molecule has 0 fully saturated rings. The number of nitrogens with two attached hydrogens (primary N) is 1. The number of hydrogen-bond donors (Lipinski definition) is 1. The second-order valence-corrected chi connectivity index (χ2v) is 2.83. The average Bonchev–Trinajstić information content (AvgIpc) is 2.30. The molecule has 0 unspecified atom stereocenters. The summed E-state index contributed by atoms with van der Waals surface area (Å²) in [6, 6.07) is 3.83. The van der Waals surface area contributed by atoms with Crippen LogP contribution in [0.5, 0.6) is 0 Å². The topological polar surface area (TPSA) is 64.7 Å². The fourth-order valence-electron chi connectivity index (χ4n) is 1.15. The van der Waals surface area contributed by atoms with E-state index in [1.807, 2.05) is 12.1 Å². The third-order valence-electron chi connectivity index (χ3n) is 1.90. The highest BCUT2D eigenvalue weighted by molar-refractivity contribution is 5.60. The summed E-state index contributed by atoms with van der Waals surface area (Å²) in [6.45, 7) is 0.372. The molecule has 0 aliphatic heterocycles. The minimum atomic E-state index is 0.372. The molecule has 0 aromatic carbocycles. The van der Waals surface area contributed by atoms with Gasteiger partial charge >= 0.3 is 0 Å². The molecule has 0 bridgehead atoms. The highest BCUT2D eigenvalue weighted by Gasteiger charge is 1.98. The van der Waals surface area contributed by atoms with Gasteiger partial charge in [0.1, 0.15) is 5.82 Å². The van der Waals surface area contributed by atoms with Gasteiger partial charge in [0, 0.05) is 30.4 Å². The van der Waals surface area contributed by atoms with Crippen molar-refractivity contribution in [3.63, 3.8) is 0 Å². The Kier molecular flexibility index (Phi) is 2.46. The van der Waals surface area contributed by atoms with Crippen molar-refractivity contribution in [2.45, 2.75) is 6.54 Å². The molecule has 70 valence electrons. The van der Waals surface area contributed by atoms with Crippen molar-refractivity contribution in [2.75, 3.05) is 0 Å². The van der Waals surface area contributed by atoms with Crippen LogP contribution in [-0.4, -0.2) is 15.0 Å². The van der Waals surface area contributed by atoms with Crippen molar-refractivity contribution >= 4 is 0 Å². The summed E-state index contributed by atoms with van der Waals surface area (Å²) in [5.41, 5.74) is 7.44. The van der Waals surface area contributed by atoms with E-state index in [1.54, 1.807) is 24.8 Å². The van der Waals surface area contributed by atoms with Crippen molar-refractivity contribution in [1.82, 2.24) is 15.0 Å². The van der Waals surface area contributed by atoms with E-state index in [-0.39, 0.29) is 0 Å². The van der Waals surface area contributed by atoms with Crippen LogP contribution in [0.4, 0.5) is 0 Å². The molecule has 4 heteroatoms. The van der Waals surface area contributed by atoms with E-state index >= 15 is 0 Å². The minimum Gasteiger partial charge on any atom is -0.324 e. The second-order valence-electron chi connectivity index (χ2n) is 2.83. The number of hydrogen-bond acceptors (Lipinski definition) is 4. The smallest absolute Gasteiger partial charge is 0.141 e. The van der Waals surface area contributed by atoms with E-state index in [0.29, 0.717) is 12.4 Å². The molecule has 2 rings (SSSR count). The van der Waals surface area contributed by atoms with Gasteiger partial charge in [0.25, 0.3) is 0 Å². The maximum Gasteiger partial charge on any atom is 0.141 e. The lowest BCUT2D eigenvalue weighted by Gasteiger charge is -2.00. The number of nitrogens with zero attached hydrogens (tertiary/aromatic N) is 3. The molecule has 2 aromatic heterocycles. The molecule has 2 aromatic rings. The maximum atomic E-state index is 5.40. The minimum absolute atomic E-state index is 0.372. The van der Waals surface area contributed by atoms with Gasteiger partial charge in [-0.3, -0.25) is 4.98 Å². The number of rotatable bonds is 2. The first-order valence-electron chi connectivity index (χ1n) is 4.31. The van der Waals surface area contributed by atoms with Gasteiger partial charge < -0.3 is 5.73 Å². The molecular formula is C10H10N4. The molecule has 0 aliphatic carbocycles. The summed E-state index contributed by atoms with van der Waals surface area (Å²) in [5.74, 6) is 0.655. The van der Waals surface area contributed by atoms with Crippen molar-refractivity contribution in [1.29, 1.82) is 0 Å². The van der Waals surface area contributed by atoms with Gasteiger partial charge in [-0.1, -0.05) is 0 Å². The normalized spacial score (nSPS) is 10.1.